The number of hydrogen-bond donors (Lipinski definition) is 2. The highest BCUT2D eigenvalue weighted by Gasteiger charge is 2.20. The lowest BCUT2D eigenvalue weighted by molar-refractivity contribution is 0.0942. The Morgan fingerprint density at radius 1 is 1.12 bits per heavy atom. The molecule has 6 heteroatoms. The second-order valence-electron chi connectivity index (χ2n) is 8.88. The Morgan fingerprint density at radius 2 is 1.91 bits per heavy atom. The summed E-state index contributed by atoms with van der Waals surface area (Å²) in [7, 11) is 0. The Kier molecular flexibility index (Phi) is 7.91. The number of nitrogens with zero attached hydrogens (tertiary/aromatic N) is 1. The van der Waals surface area contributed by atoms with Crippen molar-refractivity contribution in [3.05, 3.63) is 82.8 Å². The van der Waals surface area contributed by atoms with Crippen molar-refractivity contribution in [3.63, 3.8) is 0 Å². The number of aliphatic hydroxyl groups excluding tert-OH is 1. The topological polar surface area (TPSA) is 71.5 Å². The van der Waals surface area contributed by atoms with Crippen molar-refractivity contribution in [3.8, 4) is 17.0 Å². The number of nitrogens with one attached hydrogen (secondary N) is 1. The second-order valence-corrected chi connectivity index (χ2v) is 8.88. The predicted molar refractivity (Wildman–Crippen MR) is 130 cm³/mol. The third kappa shape index (κ3) is 5.81. The van der Waals surface area contributed by atoms with Crippen molar-refractivity contribution in [2.24, 2.45) is 0 Å². The van der Waals surface area contributed by atoms with Crippen LogP contribution < -0.4 is 10.1 Å². The maximum Gasteiger partial charge on any atom is 0.255 e. The third-order valence-corrected chi connectivity index (χ3v) is 6.34. The van der Waals surface area contributed by atoms with E-state index in [4.69, 9.17) is 4.74 Å². The van der Waals surface area contributed by atoms with Gasteiger partial charge in [0, 0.05) is 23.9 Å². The molecule has 0 spiro atoms. The molecular weight excluding hydrogens is 431 g/mol. The van der Waals surface area contributed by atoms with Gasteiger partial charge in [-0.15, -0.1) is 0 Å². The SMILES string of the molecule is Cc1ccc(CNC(=O)c2cc(-c3ncccc3CO)ccc2OC2CCCCCC2)cc1F. The normalized spacial score (nSPS) is 14.4. The first-order valence-electron chi connectivity index (χ1n) is 11.9. The minimum Gasteiger partial charge on any atom is -0.490 e. The quantitative estimate of drug-likeness (QED) is 0.441. The summed E-state index contributed by atoms with van der Waals surface area (Å²) in [6.07, 6.45) is 8.35. The van der Waals surface area contributed by atoms with Crippen molar-refractivity contribution < 1.29 is 19.0 Å². The first kappa shape index (κ1) is 23.9. The van der Waals surface area contributed by atoms with Crippen LogP contribution in [0.15, 0.2) is 54.7 Å². The van der Waals surface area contributed by atoms with Crippen molar-refractivity contribution >= 4 is 5.91 Å². The van der Waals surface area contributed by atoms with Crippen LogP contribution in [0.25, 0.3) is 11.3 Å². The fourth-order valence-corrected chi connectivity index (χ4v) is 4.35. The second kappa shape index (κ2) is 11.3. The van der Waals surface area contributed by atoms with Crippen LogP contribution in [-0.4, -0.2) is 22.1 Å². The molecule has 0 aliphatic heterocycles. The maximum absolute atomic E-state index is 13.9. The number of benzene rings is 2. The number of carbonyl (C=O) groups excluding carboxylic acids is 1. The van der Waals surface area contributed by atoms with E-state index in [-0.39, 0.29) is 31.0 Å². The largest absolute Gasteiger partial charge is 0.490 e. The molecule has 1 amide bonds. The zero-order chi connectivity index (χ0) is 23.9. The molecule has 1 fully saturated rings. The van der Waals surface area contributed by atoms with Gasteiger partial charge in [-0.05, 0) is 74.1 Å². The van der Waals surface area contributed by atoms with Crippen molar-refractivity contribution in [2.45, 2.75) is 64.7 Å². The standard InChI is InChI=1S/C28H31FN2O3/c1-19-10-11-20(15-25(19)29)17-31-28(33)24-16-21(27-22(18-32)7-6-14-30-27)12-13-26(24)34-23-8-4-2-3-5-9-23/h6-7,10-16,23,32H,2-5,8-9,17-18H2,1H3,(H,31,33). The molecule has 1 aliphatic carbocycles. The van der Waals surface area contributed by atoms with Crippen molar-refractivity contribution in [1.29, 1.82) is 0 Å². The Hall–Kier alpha value is -3.25. The van der Waals surface area contributed by atoms with E-state index in [1.165, 1.54) is 18.9 Å². The average molecular weight is 463 g/mol. The molecule has 0 radical (unpaired) electrons. The molecule has 34 heavy (non-hydrogen) atoms. The fraction of sp³-hybridized carbons (Fsp3) is 0.357. The summed E-state index contributed by atoms with van der Waals surface area (Å²) >= 11 is 0. The van der Waals surface area contributed by atoms with E-state index in [0.29, 0.717) is 33.7 Å². The first-order valence-corrected chi connectivity index (χ1v) is 11.9. The zero-order valence-electron chi connectivity index (χ0n) is 19.5. The Bertz CT molecular complexity index is 1140. The van der Waals surface area contributed by atoms with E-state index < -0.39 is 0 Å². The van der Waals surface area contributed by atoms with E-state index in [2.05, 4.69) is 10.3 Å². The van der Waals surface area contributed by atoms with Crippen LogP contribution in [0.5, 0.6) is 5.75 Å². The average Bonchev–Trinajstić information content (AvgIpc) is 3.13. The van der Waals surface area contributed by atoms with Gasteiger partial charge in [-0.25, -0.2) is 4.39 Å². The summed E-state index contributed by atoms with van der Waals surface area (Å²) in [5, 5.41) is 12.6. The summed E-state index contributed by atoms with van der Waals surface area (Å²) in [6.45, 7) is 1.76. The van der Waals surface area contributed by atoms with Gasteiger partial charge in [0.2, 0.25) is 0 Å². The minimum atomic E-state index is -0.298. The fourth-order valence-electron chi connectivity index (χ4n) is 4.35. The van der Waals surface area contributed by atoms with Crippen LogP contribution in [0.3, 0.4) is 0 Å². The minimum absolute atomic E-state index is 0.0777. The summed E-state index contributed by atoms with van der Waals surface area (Å²) < 4.78 is 20.3. The zero-order valence-corrected chi connectivity index (χ0v) is 19.5. The molecule has 4 rings (SSSR count). The third-order valence-electron chi connectivity index (χ3n) is 6.34. The van der Waals surface area contributed by atoms with E-state index in [1.807, 2.05) is 18.2 Å². The van der Waals surface area contributed by atoms with E-state index in [9.17, 15) is 14.3 Å². The summed E-state index contributed by atoms with van der Waals surface area (Å²) in [5.41, 5.74) is 3.69. The van der Waals surface area contributed by atoms with Crippen LogP contribution >= 0.6 is 0 Å². The maximum atomic E-state index is 13.9. The van der Waals surface area contributed by atoms with Crippen LogP contribution in [0.2, 0.25) is 0 Å². The monoisotopic (exact) mass is 462 g/mol. The van der Waals surface area contributed by atoms with Gasteiger partial charge in [-0.2, -0.15) is 0 Å². The van der Waals surface area contributed by atoms with E-state index in [1.54, 1.807) is 37.4 Å². The molecular formula is C28H31FN2O3. The van der Waals surface area contributed by atoms with E-state index >= 15 is 0 Å². The number of aromatic nitrogens is 1. The highest BCUT2D eigenvalue weighted by molar-refractivity contribution is 5.98. The number of aliphatic hydroxyl groups is 1. The number of carbonyl (C=O) groups is 1. The van der Waals surface area contributed by atoms with Gasteiger partial charge < -0.3 is 15.2 Å². The molecule has 5 nitrogen and oxygen atoms in total. The number of hydrogen-bond acceptors (Lipinski definition) is 4. The van der Waals surface area contributed by atoms with Gasteiger partial charge in [0.05, 0.1) is 24.0 Å². The number of rotatable bonds is 7. The highest BCUT2D eigenvalue weighted by Crippen LogP contribution is 2.30. The Balaban J connectivity index is 1.62. The van der Waals surface area contributed by atoms with Gasteiger partial charge in [0.1, 0.15) is 11.6 Å². The molecule has 0 atom stereocenters. The molecule has 1 heterocycles. The lowest BCUT2D eigenvalue weighted by Gasteiger charge is -2.20. The van der Waals surface area contributed by atoms with E-state index in [0.717, 1.165) is 31.2 Å². The lowest BCUT2D eigenvalue weighted by Crippen LogP contribution is -2.25. The molecule has 1 saturated carbocycles. The predicted octanol–water partition coefficient (Wildman–Crippen LogP) is 5.72. The number of halogens is 1. The number of aryl methyl sites for hydroxylation is 1. The first-order chi connectivity index (χ1) is 16.5. The summed E-state index contributed by atoms with van der Waals surface area (Å²) in [5.74, 6) is -0.0598. The molecule has 0 unspecified atom stereocenters. The van der Waals surface area contributed by atoms with Gasteiger partial charge in [0.25, 0.3) is 5.91 Å². The molecule has 1 aromatic heterocycles. The van der Waals surface area contributed by atoms with Crippen molar-refractivity contribution in [2.75, 3.05) is 0 Å². The molecule has 2 aromatic carbocycles. The summed E-state index contributed by atoms with van der Waals surface area (Å²) in [6, 6.07) is 14.0. The van der Waals surface area contributed by atoms with Gasteiger partial charge in [-0.1, -0.05) is 31.0 Å². The van der Waals surface area contributed by atoms with Crippen LogP contribution in [-0.2, 0) is 13.2 Å². The molecule has 0 saturated heterocycles. The van der Waals surface area contributed by atoms with Crippen LogP contribution in [0.4, 0.5) is 4.39 Å². The van der Waals surface area contributed by atoms with Gasteiger partial charge in [0.15, 0.2) is 0 Å². The van der Waals surface area contributed by atoms with Crippen LogP contribution in [0.1, 0.15) is 65.6 Å². The number of amides is 1. The lowest BCUT2D eigenvalue weighted by atomic mass is 10.0. The number of ether oxygens (including phenoxy) is 1. The molecule has 1 aliphatic rings. The van der Waals surface area contributed by atoms with Gasteiger partial charge in [-0.3, -0.25) is 9.78 Å². The molecule has 2 N–H and O–H groups in total. The summed E-state index contributed by atoms with van der Waals surface area (Å²) in [4.78, 5) is 17.7. The molecule has 0 bridgehead atoms. The Morgan fingerprint density at radius 3 is 2.65 bits per heavy atom. The van der Waals surface area contributed by atoms with Gasteiger partial charge >= 0.3 is 0 Å². The highest BCUT2D eigenvalue weighted by atomic mass is 19.1. The number of pyridine rings is 1. The van der Waals surface area contributed by atoms with Crippen LogP contribution in [0, 0.1) is 12.7 Å². The molecule has 178 valence electrons. The Labute approximate surface area is 200 Å². The molecule has 3 aromatic rings. The smallest absolute Gasteiger partial charge is 0.255 e. The van der Waals surface area contributed by atoms with Crippen molar-refractivity contribution in [1.82, 2.24) is 10.3 Å².